The van der Waals surface area contributed by atoms with Gasteiger partial charge in [-0.3, -0.25) is 0 Å². The zero-order chi connectivity index (χ0) is 14.8. The predicted octanol–water partition coefficient (Wildman–Crippen LogP) is 4.57. The number of carbonyl (C=O) groups is 1. The second kappa shape index (κ2) is 4.50. The van der Waals surface area contributed by atoms with E-state index in [1.54, 1.807) is 0 Å². The Morgan fingerprint density at radius 2 is 1.80 bits per heavy atom. The molecule has 0 bridgehead atoms. The van der Waals surface area contributed by atoms with Gasteiger partial charge in [0.05, 0.1) is 0 Å². The first-order valence-electron chi connectivity index (χ1n) is 7.70. The highest BCUT2D eigenvalue weighted by molar-refractivity contribution is 14.1. The van der Waals surface area contributed by atoms with Crippen molar-refractivity contribution >= 4 is 28.7 Å². The Morgan fingerprint density at radius 1 is 1.10 bits per heavy atom. The minimum absolute atomic E-state index is 0.221. The number of hydrogen-bond donors (Lipinski definition) is 0. The van der Waals surface area contributed by atoms with Crippen molar-refractivity contribution in [1.29, 1.82) is 0 Å². The highest BCUT2D eigenvalue weighted by Gasteiger charge is 2.63. The van der Waals surface area contributed by atoms with E-state index in [2.05, 4.69) is 50.3 Å². The van der Waals surface area contributed by atoms with Gasteiger partial charge in [0.25, 0.3) is 0 Å². The molecular weight excluding hydrogens is 367 g/mol. The summed E-state index contributed by atoms with van der Waals surface area (Å²) >= 11 is 2.63. The lowest BCUT2D eigenvalue weighted by atomic mass is 9.45. The summed E-state index contributed by atoms with van der Waals surface area (Å²) in [5.41, 5.74) is 0.240. The van der Waals surface area contributed by atoms with Crippen molar-refractivity contribution < 1.29 is 14.3 Å². The predicted molar refractivity (Wildman–Crippen MR) is 86.0 cm³/mol. The fourth-order valence-electron chi connectivity index (χ4n) is 5.33. The number of halogens is 1. The van der Waals surface area contributed by atoms with Gasteiger partial charge in [-0.2, -0.15) is 0 Å². The van der Waals surface area contributed by atoms with E-state index in [0.717, 1.165) is 16.8 Å². The Bertz CT molecular complexity index is 435. The smallest absolute Gasteiger partial charge is 0.434 e. The lowest BCUT2D eigenvalue weighted by Crippen LogP contribution is -2.63. The van der Waals surface area contributed by atoms with Gasteiger partial charge in [0.1, 0.15) is 12.2 Å². The van der Waals surface area contributed by atoms with Crippen molar-refractivity contribution in [2.75, 3.05) is 6.61 Å². The molecule has 3 nitrogen and oxygen atoms in total. The van der Waals surface area contributed by atoms with E-state index in [0.29, 0.717) is 23.9 Å². The second-order valence-corrected chi connectivity index (χ2v) is 9.46. The number of ether oxygens (including phenoxy) is 2. The first kappa shape index (κ1) is 14.9. The zero-order valence-corrected chi connectivity index (χ0v) is 15.0. The maximum atomic E-state index is 11.5. The van der Waals surface area contributed by atoms with Crippen LogP contribution >= 0.6 is 22.6 Å². The fraction of sp³-hybridized carbons (Fsp3) is 0.938. The van der Waals surface area contributed by atoms with Gasteiger partial charge in [-0.1, -0.05) is 43.4 Å². The van der Waals surface area contributed by atoms with Gasteiger partial charge in [0.15, 0.2) is 0 Å². The number of cyclic esters (lactones) is 1. The quantitative estimate of drug-likeness (QED) is 0.344. The van der Waals surface area contributed by atoms with Crippen molar-refractivity contribution in [3.63, 3.8) is 0 Å². The molecule has 1 aliphatic heterocycles. The number of hydrogen-bond acceptors (Lipinski definition) is 3. The van der Waals surface area contributed by atoms with Crippen molar-refractivity contribution in [1.82, 2.24) is 0 Å². The Hall–Kier alpha value is 0. The molecule has 0 amide bonds. The molecule has 0 aromatic rings. The van der Waals surface area contributed by atoms with Crippen LogP contribution in [0.2, 0.25) is 0 Å². The molecule has 3 rings (SSSR count). The SMILES string of the molecule is CC1(C)[C@@H](I)CC[C@]2(C)[C@H]3COC(=O)O[C@]3(C)CC[C@@H]12. The van der Waals surface area contributed by atoms with Crippen molar-refractivity contribution in [3.05, 3.63) is 0 Å². The summed E-state index contributed by atoms with van der Waals surface area (Å²) < 4.78 is 11.6. The van der Waals surface area contributed by atoms with E-state index >= 15 is 0 Å². The van der Waals surface area contributed by atoms with Crippen LogP contribution in [0.1, 0.15) is 53.4 Å². The monoisotopic (exact) mass is 392 g/mol. The Labute approximate surface area is 135 Å². The lowest BCUT2D eigenvalue weighted by molar-refractivity contribution is -0.212. The van der Waals surface area contributed by atoms with Gasteiger partial charge < -0.3 is 9.47 Å². The third-order valence-electron chi connectivity index (χ3n) is 6.58. The molecule has 2 aliphatic carbocycles. The normalized spacial score (nSPS) is 50.5. The number of rotatable bonds is 0. The van der Waals surface area contributed by atoms with E-state index in [9.17, 15) is 4.79 Å². The summed E-state index contributed by atoms with van der Waals surface area (Å²) in [6.45, 7) is 9.90. The van der Waals surface area contributed by atoms with Gasteiger partial charge in [-0.15, -0.1) is 0 Å². The summed E-state index contributed by atoms with van der Waals surface area (Å²) in [5.74, 6) is 1.01. The summed E-state index contributed by atoms with van der Waals surface area (Å²) in [7, 11) is 0. The number of carbonyl (C=O) groups excluding carboxylic acids is 1. The van der Waals surface area contributed by atoms with Gasteiger partial charge in [0, 0.05) is 9.84 Å². The minimum atomic E-state index is -0.479. The molecule has 3 aliphatic rings. The van der Waals surface area contributed by atoms with E-state index in [-0.39, 0.29) is 11.0 Å². The topological polar surface area (TPSA) is 35.5 Å². The Balaban J connectivity index is 1.97. The first-order valence-corrected chi connectivity index (χ1v) is 8.94. The van der Waals surface area contributed by atoms with Crippen LogP contribution in [0.3, 0.4) is 0 Å². The molecular formula is C16H25IO3. The molecule has 20 heavy (non-hydrogen) atoms. The molecule has 0 aromatic carbocycles. The van der Waals surface area contributed by atoms with Gasteiger partial charge in [-0.05, 0) is 49.4 Å². The van der Waals surface area contributed by atoms with Crippen molar-refractivity contribution in [2.45, 2.75) is 62.9 Å². The van der Waals surface area contributed by atoms with Crippen LogP contribution in [-0.4, -0.2) is 22.3 Å². The molecule has 1 saturated heterocycles. The molecule has 2 saturated carbocycles. The standard InChI is InChI=1S/C16H25IO3/c1-14(2)10-5-8-16(4)11(9-19-13(18)20-16)15(10,3)7-6-12(14)17/h10-12H,5-9H2,1-4H3/t10-,11+,12-,15-,16+/m0/s1. The molecule has 0 N–H and O–H groups in total. The second-order valence-electron chi connectivity index (χ2n) is 7.95. The minimum Gasteiger partial charge on any atom is -0.434 e. The van der Waals surface area contributed by atoms with Crippen LogP contribution < -0.4 is 0 Å². The maximum Gasteiger partial charge on any atom is 0.508 e. The molecule has 0 spiro atoms. The van der Waals surface area contributed by atoms with Gasteiger partial charge >= 0.3 is 6.16 Å². The van der Waals surface area contributed by atoms with E-state index < -0.39 is 6.16 Å². The van der Waals surface area contributed by atoms with Crippen LogP contribution in [0.15, 0.2) is 0 Å². The number of fused-ring (bicyclic) bond motifs is 3. The summed E-state index contributed by atoms with van der Waals surface area (Å²) in [6.07, 6.45) is 4.12. The van der Waals surface area contributed by atoms with Crippen LogP contribution in [0.25, 0.3) is 0 Å². The third kappa shape index (κ3) is 1.92. The van der Waals surface area contributed by atoms with E-state index in [4.69, 9.17) is 9.47 Å². The highest BCUT2D eigenvalue weighted by atomic mass is 127. The Morgan fingerprint density at radius 3 is 2.50 bits per heavy atom. The van der Waals surface area contributed by atoms with Crippen LogP contribution in [-0.2, 0) is 9.47 Å². The fourth-order valence-corrected chi connectivity index (χ4v) is 6.08. The van der Waals surface area contributed by atoms with Gasteiger partial charge in [-0.25, -0.2) is 4.79 Å². The molecule has 4 heteroatoms. The summed E-state index contributed by atoms with van der Waals surface area (Å²) in [5, 5.41) is 0. The summed E-state index contributed by atoms with van der Waals surface area (Å²) in [6, 6.07) is 0. The van der Waals surface area contributed by atoms with E-state index in [1.165, 1.54) is 12.8 Å². The van der Waals surface area contributed by atoms with Crippen molar-refractivity contribution in [3.8, 4) is 0 Å². The average molecular weight is 392 g/mol. The molecule has 1 heterocycles. The average Bonchev–Trinajstić information content (AvgIpc) is 2.33. The molecule has 5 atom stereocenters. The largest absolute Gasteiger partial charge is 0.508 e. The van der Waals surface area contributed by atoms with Crippen LogP contribution in [0.4, 0.5) is 4.79 Å². The zero-order valence-electron chi connectivity index (χ0n) is 12.9. The molecule has 0 unspecified atom stereocenters. The summed E-state index contributed by atoms with van der Waals surface area (Å²) in [4.78, 5) is 11.5. The van der Waals surface area contributed by atoms with Crippen molar-refractivity contribution in [2.24, 2.45) is 22.7 Å². The van der Waals surface area contributed by atoms with Gasteiger partial charge in [0.2, 0.25) is 0 Å². The van der Waals surface area contributed by atoms with Crippen LogP contribution in [0, 0.1) is 22.7 Å². The molecule has 0 aromatic heterocycles. The number of alkyl halides is 1. The lowest BCUT2D eigenvalue weighted by Gasteiger charge is -2.63. The molecule has 0 radical (unpaired) electrons. The van der Waals surface area contributed by atoms with E-state index in [1.807, 2.05) is 0 Å². The third-order valence-corrected chi connectivity index (χ3v) is 8.81. The molecule has 3 fully saturated rings. The maximum absolute atomic E-state index is 11.5. The first-order chi connectivity index (χ1) is 9.20. The Kier molecular flexibility index (Phi) is 3.35. The van der Waals surface area contributed by atoms with Crippen LogP contribution in [0.5, 0.6) is 0 Å². The highest BCUT2D eigenvalue weighted by Crippen LogP contribution is 2.64. The molecule has 114 valence electrons.